The number of rotatable bonds is 7. The molecular formula is C29H30ClN3O3. The summed E-state index contributed by atoms with van der Waals surface area (Å²) in [5.74, 6) is 2.23. The minimum Gasteiger partial charge on any atom is -0.494 e. The molecule has 0 atom stereocenters. The molecule has 4 aliphatic rings. The summed E-state index contributed by atoms with van der Waals surface area (Å²) in [6, 6.07) is 17.6. The number of carboxylic acid groups (broad SMARTS) is 1. The van der Waals surface area contributed by atoms with Crippen LogP contribution < -0.4 is 15.4 Å². The lowest BCUT2D eigenvalue weighted by Gasteiger charge is -2.57. The van der Waals surface area contributed by atoms with Crippen molar-refractivity contribution in [2.24, 2.45) is 17.8 Å². The number of hydrogen-bond donors (Lipinski definition) is 3. The maximum Gasteiger partial charge on any atom is 0.358 e. The maximum atomic E-state index is 11.4. The highest BCUT2D eigenvalue weighted by atomic mass is 35.5. The van der Waals surface area contributed by atoms with Crippen molar-refractivity contribution in [1.29, 1.82) is 0 Å². The Hall–Kier alpha value is -3.25. The molecule has 4 bridgehead atoms. The second kappa shape index (κ2) is 9.00. The van der Waals surface area contributed by atoms with Crippen LogP contribution in [0.1, 0.15) is 54.6 Å². The van der Waals surface area contributed by atoms with Gasteiger partial charge in [0, 0.05) is 11.4 Å². The number of aromatic nitrogens is 1. The zero-order chi connectivity index (χ0) is 24.9. The van der Waals surface area contributed by atoms with E-state index in [9.17, 15) is 9.90 Å². The molecule has 7 rings (SSSR count). The van der Waals surface area contributed by atoms with Crippen LogP contribution in [0.2, 0.25) is 5.02 Å². The highest BCUT2D eigenvalue weighted by molar-refractivity contribution is 6.33. The van der Waals surface area contributed by atoms with Gasteiger partial charge in [-0.3, -0.25) is 0 Å². The number of methoxy groups -OCH3 is 1. The Bertz CT molecular complexity index is 1270. The molecule has 2 aromatic carbocycles. The zero-order valence-corrected chi connectivity index (χ0v) is 21.0. The molecule has 3 aromatic rings. The van der Waals surface area contributed by atoms with Gasteiger partial charge in [0.2, 0.25) is 0 Å². The van der Waals surface area contributed by atoms with Crippen LogP contribution in [0, 0.1) is 17.8 Å². The Balaban J connectivity index is 1.15. The summed E-state index contributed by atoms with van der Waals surface area (Å²) in [6.07, 6.45) is 8.29. The summed E-state index contributed by atoms with van der Waals surface area (Å²) in [4.78, 5) is 15.6. The van der Waals surface area contributed by atoms with Crippen LogP contribution in [0.5, 0.6) is 5.75 Å². The minimum absolute atomic E-state index is 0.132. The van der Waals surface area contributed by atoms with Crippen molar-refractivity contribution in [3.63, 3.8) is 0 Å². The third-order valence-corrected chi connectivity index (χ3v) is 8.65. The van der Waals surface area contributed by atoms with E-state index in [1.54, 1.807) is 12.1 Å². The predicted octanol–water partition coefficient (Wildman–Crippen LogP) is 7.40. The Morgan fingerprint density at radius 1 is 0.944 bits per heavy atom. The normalized spacial score (nSPS) is 26.0. The number of carboxylic acids is 1. The minimum atomic E-state index is -1.14. The number of carbonyl (C=O) groups is 1. The summed E-state index contributed by atoms with van der Waals surface area (Å²) < 4.78 is 5.07. The van der Waals surface area contributed by atoms with Crippen molar-refractivity contribution < 1.29 is 14.6 Å². The zero-order valence-electron chi connectivity index (χ0n) is 20.3. The molecule has 0 amide bonds. The third kappa shape index (κ3) is 4.28. The highest BCUT2D eigenvalue weighted by Crippen LogP contribution is 2.61. The molecule has 0 saturated heterocycles. The first-order valence-electron chi connectivity index (χ1n) is 12.6. The number of benzene rings is 2. The van der Waals surface area contributed by atoms with Crippen LogP contribution in [0.3, 0.4) is 0 Å². The molecular weight excluding hydrogens is 474 g/mol. The van der Waals surface area contributed by atoms with Crippen molar-refractivity contribution in [3.8, 4) is 5.75 Å². The van der Waals surface area contributed by atoms with E-state index in [0.717, 1.165) is 39.8 Å². The molecule has 4 aliphatic carbocycles. The van der Waals surface area contributed by atoms with Gasteiger partial charge in [-0.15, -0.1) is 0 Å². The van der Waals surface area contributed by atoms with Gasteiger partial charge in [-0.1, -0.05) is 17.7 Å². The van der Waals surface area contributed by atoms with Gasteiger partial charge < -0.3 is 20.5 Å². The number of aromatic carboxylic acids is 1. The topological polar surface area (TPSA) is 83.5 Å². The average molecular weight is 504 g/mol. The Morgan fingerprint density at radius 2 is 1.56 bits per heavy atom. The summed E-state index contributed by atoms with van der Waals surface area (Å²) >= 11 is 6.78. The standard InChI is InChI=1S/C29H30ClN3O3/c1-36-25-8-9-26(33-27(25)28(34)35)32-22-5-3-21(4-6-22)31-24-7-2-20(13-23(24)30)29-14-17-10-18(15-29)12-19(11-17)16-29/h2-9,13,17-19,31H,10-12,14-16H2,1H3,(H,32,33)(H,34,35). The number of halogens is 1. The molecule has 6 nitrogen and oxygen atoms in total. The Kier molecular flexibility index (Phi) is 5.79. The quantitative estimate of drug-likeness (QED) is 0.311. The molecule has 4 saturated carbocycles. The third-order valence-electron chi connectivity index (χ3n) is 8.34. The summed E-state index contributed by atoms with van der Waals surface area (Å²) in [7, 11) is 1.42. The van der Waals surface area contributed by atoms with Gasteiger partial charge in [0.25, 0.3) is 0 Å². The second-order valence-corrected chi connectivity index (χ2v) is 11.2. The van der Waals surface area contributed by atoms with Gasteiger partial charge in [-0.25, -0.2) is 9.78 Å². The van der Waals surface area contributed by atoms with Gasteiger partial charge in [0.05, 0.1) is 17.8 Å². The first kappa shape index (κ1) is 23.2. The average Bonchev–Trinajstić information content (AvgIpc) is 2.85. The fourth-order valence-electron chi connectivity index (χ4n) is 7.18. The lowest BCUT2D eigenvalue weighted by atomic mass is 9.48. The van der Waals surface area contributed by atoms with Crippen molar-refractivity contribution in [1.82, 2.24) is 4.98 Å². The van der Waals surface area contributed by atoms with E-state index in [1.807, 2.05) is 24.3 Å². The number of anilines is 4. The molecule has 1 aromatic heterocycles. The number of nitrogens with one attached hydrogen (secondary N) is 2. The number of pyridine rings is 1. The van der Waals surface area contributed by atoms with E-state index >= 15 is 0 Å². The Morgan fingerprint density at radius 3 is 2.11 bits per heavy atom. The molecule has 0 aliphatic heterocycles. The fourth-order valence-corrected chi connectivity index (χ4v) is 7.41. The fraction of sp³-hybridized carbons (Fsp3) is 0.379. The van der Waals surface area contributed by atoms with E-state index in [-0.39, 0.29) is 11.4 Å². The molecule has 36 heavy (non-hydrogen) atoms. The van der Waals surface area contributed by atoms with Crippen LogP contribution in [-0.4, -0.2) is 23.2 Å². The summed E-state index contributed by atoms with van der Waals surface area (Å²) in [5.41, 5.74) is 4.22. The van der Waals surface area contributed by atoms with Gasteiger partial charge in [0.1, 0.15) is 5.82 Å². The lowest BCUT2D eigenvalue weighted by molar-refractivity contribution is -0.00518. The van der Waals surface area contributed by atoms with Crippen LogP contribution in [0.25, 0.3) is 0 Å². The largest absolute Gasteiger partial charge is 0.494 e. The van der Waals surface area contributed by atoms with Gasteiger partial charge in [0.15, 0.2) is 11.4 Å². The van der Waals surface area contributed by atoms with Crippen LogP contribution >= 0.6 is 11.6 Å². The maximum absolute atomic E-state index is 11.4. The van der Waals surface area contributed by atoms with Crippen molar-refractivity contribution >= 4 is 40.5 Å². The van der Waals surface area contributed by atoms with Gasteiger partial charge in [-0.2, -0.15) is 0 Å². The van der Waals surface area contributed by atoms with Gasteiger partial charge in [-0.05, 0) is 116 Å². The van der Waals surface area contributed by atoms with Gasteiger partial charge >= 0.3 is 5.97 Å². The van der Waals surface area contributed by atoms with Crippen LogP contribution in [0.4, 0.5) is 22.9 Å². The number of ether oxygens (including phenoxy) is 1. The molecule has 7 heteroatoms. The van der Waals surface area contributed by atoms with E-state index in [1.165, 1.54) is 51.2 Å². The van der Waals surface area contributed by atoms with Crippen LogP contribution in [0.15, 0.2) is 54.6 Å². The molecule has 4 fully saturated rings. The molecule has 0 radical (unpaired) electrons. The molecule has 3 N–H and O–H groups in total. The van der Waals surface area contributed by atoms with Crippen molar-refractivity contribution in [2.75, 3.05) is 17.7 Å². The monoisotopic (exact) mass is 503 g/mol. The first-order chi connectivity index (χ1) is 17.4. The SMILES string of the molecule is COc1ccc(Nc2ccc(Nc3ccc(C45CC6CC(CC(C6)C4)C5)cc3Cl)cc2)nc1C(=O)O. The second-order valence-electron chi connectivity index (χ2n) is 10.8. The van der Waals surface area contributed by atoms with E-state index in [0.29, 0.717) is 11.2 Å². The van der Waals surface area contributed by atoms with E-state index in [4.69, 9.17) is 16.3 Å². The molecule has 1 heterocycles. The molecule has 0 unspecified atom stereocenters. The summed E-state index contributed by atoms with van der Waals surface area (Å²) in [6.45, 7) is 0. The smallest absolute Gasteiger partial charge is 0.358 e. The molecule has 186 valence electrons. The number of nitrogens with zero attached hydrogens (tertiary/aromatic N) is 1. The number of hydrogen-bond acceptors (Lipinski definition) is 5. The summed E-state index contributed by atoms with van der Waals surface area (Å²) in [5, 5.41) is 16.7. The highest BCUT2D eigenvalue weighted by Gasteiger charge is 2.51. The Labute approximate surface area is 216 Å². The van der Waals surface area contributed by atoms with E-state index in [2.05, 4.69) is 33.8 Å². The predicted molar refractivity (Wildman–Crippen MR) is 142 cm³/mol. The van der Waals surface area contributed by atoms with E-state index < -0.39 is 5.97 Å². The first-order valence-corrected chi connectivity index (χ1v) is 13.0. The van der Waals surface area contributed by atoms with Crippen molar-refractivity contribution in [3.05, 3.63) is 70.9 Å². The van der Waals surface area contributed by atoms with Crippen LogP contribution in [-0.2, 0) is 5.41 Å². The molecule has 0 spiro atoms. The van der Waals surface area contributed by atoms with Crippen molar-refractivity contribution in [2.45, 2.75) is 43.9 Å². The lowest BCUT2D eigenvalue weighted by Crippen LogP contribution is -2.48.